The van der Waals surface area contributed by atoms with Crippen LogP contribution in [-0.4, -0.2) is 49.0 Å². The number of carbonyl (C=O) groups is 1. The molecule has 5 rings (SSSR count). The number of hydrogen-bond acceptors (Lipinski definition) is 7. The molecule has 0 bridgehead atoms. The van der Waals surface area contributed by atoms with Gasteiger partial charge in [0.15, 0.2) is 0 Å². The van der Waals surface area contributed by atoms with Crippen molar-refractivity contribution in [3.63, 3.8) is 0 Å². The number of carbonyl (C=O) groups excluding carboxylic acids is 1. The van der Waals surface area contributed by atoms with E-state index in [9.17, 15) is 4.79 Å². The van der Waals surface area contributed by atoms with Crippen LogP contribution in [0, 0.1) is 6.92 Å². The number of aromatic nitrogens is 6. The maximum absolute atomic E-state index is 12.8. The molecular formula is C26H24N8O. The lowest BCUT2D eigenvalue weighted by Gasteiger charge is -2.14. The molecule has 0 aliphatic rings. The van der Waals surface area contributed by atoms with Crippen molar-refractivity contribution in [1.82, 2.24) is 34.8 Å². The zero-order valence-corrected chi connectivity index (χ0v) is 19.4. The Balaban J connectivity index is 1.39. The second-order valence-corrected chi connectivity index (χ2v) is 8.03. The van der Waals surface area contributed by atoms with Gasteiger partial charge in [-0.05, 0) is 31.0 Å². The Hall–Kier alpha value is -4.66. The quantitative estimate of drug-likeness (QED) is 0.379. The summed E-state index contributed by atoms with van der Waals surface area (Å²) in [4.78, 5) is 34.7. The third-order valence-electron chi connectivity index (χ3n) is 5.77. The second-order valence-electron chi connectivity index (χ2n) is 8.03. The molecule has 0 fully saturated rings. The minimum atomic E-state index is -0.171. The zero-order valence-electron chi connectivity index (χ0n) is 19.4. The van der Waals surface area contributed by atoms with Gasteiger partial charge >= 0.3 is 0 Å². The third-order valence-corrected chi connectivity index (χ3v) is 5.77. The lowest BCUT2D eigenvalue weighted by Crippen LogP contribution is -2.21. The lowest BCUT2D eigenvalue weighted by molar-refractivity contribution is 0.0964. The molecule has 4 heterocycles. The van der Waals surface area contributed by atoms with E-state index in [0.717, 1.165) is 39.2 Å². The molecule has 0 aliphatic heterocycles. The summed E-state index contributed by atoms with van der Waals surface area (Å²) in [6.07, 6.45) is 10.9. The van der Waals surface area contributed by atoms with E-state index in [4.69, 9.17) is 4.98 Å². The van der Waals surface area contributed by atoms with Crippen LogP contribution in [0.4, 0.5) is 5.82 Å². The van der Waals surface area contributed by atoms with Crippen molar-refractivity contribution in [2.45, 2.75) is 13.3 Å². The molecule has 35 heavy (non-hydrogen) atoms. The van der Waals surface area contributed by atoms with Gasteiger partial charge in [0.2, 0.25) is 0 Å². The Bertz CT molecular complexity index is 1480. The number of fused-ring (bicyclic) bond motifs is 1. The maximum atomic E-state index is 12.8. The molecule has 1 amide bonds. The van der Waals surface area contributed by atoms with Crippen LogP contribution in [0.2, 0.25) is 0 Å². The summed E-state index contributed by atoms with van der Waals surface area (Å²) in [5.74, 6) is 0.563. The molecule has 1 aromatic carbocycles. The third kappa shape index (κ3) is 4.56. The van der Waals surface area contributed by atoms with Crippen LogP contribution < -0.4 is 10.6 Å². The fourth-order valence-electron chi connectivity index (χ4n) is 3.99. The van der Waals surface area contributed by atoms with E-state index < -0.39 is 0 Å². The first kappa shape index (κ1) is 22.1. The minimum absolute atomic E-state index is 0.171. The van der Waals surface area contributed by atoms with Gasteiger partial charge in [-0.25, -0.2) is 15.0 Å². The van der Waals surface area contributed by atoms with E-state index in [-0.39, 0.29) is 5.91 Å². The van der Waals surface area contributed by atoms with Crippen molar-refractivity contribution in [3.8, 4) is 16.9 Å². The summed E-state index contributed by atoms with van der Waals surface area (Å²) in [7, 11) is 1.63. The van der Waals surface area contributed by atoms with E-state index >= 15 is 0 Å². The predicted octanol–water partition coefficient (Wildman–Crippen LogP) is 3.60. The first-order chi connectivity index (χ1) is 17.1. The highest BCUT2D eigenvalue weighted by molar-refractivity contribution is 6.09. The SMILES string of the molecule is CNC(=O)c1c(-n2ccnc2)cnc2c(CCNc3cc(-c4ccc(C)nc4)ncn3)cccc12. The highest BCUT2D eigenvalue weighted by atomic mass is 16.1. The van der Waals surface area contributed by atoms with Gasteiger partial charge in [-0.3, -0.25) is 14.8 Å². The number of nitrogens with one attached hydrogen (secondary N) is 2. The number of imidazole rings is 1. The number of pyridine rings is 2. The minimum Gasteiger partial charge on any atom is -0.370 e. The number of nitrogens with zero attached hydrogens (tertiary/aromatic N) is 6. The van der Waals surface area contributed by atoms with E-state index in [0.29, 0.717) is 24.2 Å². The van der Waals surface area contributed by atoms with Crippen molar-refractivity contribution in [2.75, 3.05) is 18.9 Å². The van der Waals surface area contributed by atoms with Gasteiger partial charge in [0.1, 0.15) is 12.1 Å². The molecule has 9 heteroatoms. The van der Waals surface area contributed by atoms with Crippen LogP contribution in [0.25, 0.3) is 27.8 Å². The molecule has 0 aliphatic carbocycles. The van der Waals surface area contributed by atoms with Crippen LogP contribution in [-0.2, 0) is 6.42 Å². The number of hydrogen-bond donors (Lipinski definition) is 2. The molecule has 174 valence electrons. The second kappa shape index (κ2) is 9.68. The van der Waals surface area contributed by atoms with Gasteiger partial charge in [-0.1, -0.05) is 18.2 Å². The molecule has 0 spiro atoms. The molecule has 9 nitrogen and oxygen atoms in total. The Morgan fingerprint density at radius 3 is 2.74 bits per heavy atom. The monoisotopic (exact) mass is 464 g/mol. The van der Waals surface area contributed by atoms with Gasteiger partial charge < -0.3 is 15.2 Å². The summed E-state index contributed by atoms with van der Waals surface area (Å²) < 4.78 is 1.79. The van der Waals surface area contributed by atoms with Gasteiger partial charge in [0.05, 0.1) is 35.0 Å². The number of aryl methyl sites for hydroxylation is 1. The van der Waals surface area contributed by atoms with Crippen molar-refractivity contribution in [3.05, 3.63) is 90.7 Å². The van der Waals surface area contributed by atoms with Crippen molar-refractivity contribution >= 4 is 22.6 Å². The van der Waals surface area contributed by atoms with E-state index in [1.54, 1.807) is 42.9 Å². The molecule has 4 aromatic heterocycles. The summed E-state index contributed by atoms with van der Waals surface area (Å²) in [5, 5.41) is 6.92. The van der Waals surface area contributed by atoms with E-state index in [1.807, 2.05) is 49.5 Å². The molecule has 0 saturated heterocycles. The summed E-state index contributed by atoms with van der Waals surface area (Å²) in [6.45, 7) is 2.59. The van der Waals surface area contributed by atoms with Gasteiger partial charge in [-0.2, -0.15) is 0 Å². The van der Waals surface area contributed by atoms with Crippen LogP contribution in [0.3, 0.4) is 0 Å². The molecule has 2 N–H and O–H groups in total. The first-order valence-electron chi connectivity index (χ1n) is 11.2. The van der Waals surface area contributed by atoms with Crippen molar-refractivity contribution < 1.29 is 4.79 Å². The molecule has 0 atom stereocenters. The number of rotatable bonds is 7. The number of amides is 1. The normalized spacial score (nSPS) is 10.9. The Morgan fingerprint density at radius 2 is 1.97 bits per heavy atom. The van der Waals surface area contributed by atoms with Gasteiger partial charge in [0.25, 0.3) is 5.91 Å². The average Bonchev–Trinajstić information content (AvgIpc) is 3.43. The zero-order chi connectivity index (χ0) is 24.2. The highest BCUT2D eigenvalue weighted by Crippen LogP contribution is 2.26. The Morgan fingerprint density at radius 1 is 1.06 bits per heavy atom. The molecule has 0 radical (unpaired) electrons. The largest absolute Gasteiger partial charge is 0.370 e. The first-order valence-corrected chi connectivity index (χ1v) is 11.2. The Labute approximate surface area is 202 Å². The van der Waals surface area contributed by atoms with Crippen molar-refractivity contribution in [2.24, 2.45) is 0 Å². The molecule has 5 aromatic rings. The highest BCUT2D eigenvalue weighted by Gasteiger charge is 2.18. The number of para-hydroxylation sites is 1. The smallest absolute Gasteiger partial charge is 0.253 e. The van der Waals surface area contributed by atoms with Gasteiger partial charge in [0, 0.05) is 54.9 Å². The fourth-order valence-corrected chi connectivity index (χ4v) is 3.99. The standard InChI is InChI=1S/C26H24N8O/c1-17-6-7-19(13-30-17)21-12-23(33-15-32-21)29-9-8-18-4-3-5-20-24(26(35)27-2)22(14-31-25(18)20)34-11-10-28-16-34/h3-7,10-16H,8-9H2,1-2H3,(H,27,35)(H,29,32,33). The summed E-state index contributed by atoms with van der Waals surface area (Å²) in [6, 6.07) is 11.8. The fraction of sp³-hybridized carbons (Fsp3) is 0.154. The summed E-state index contributed by atoms with van der Waals surface area (Å²) in [5.41, 5.74) is 5.79. The average molecular weight is 465 g/mol. The van der Waals surface area contributed by atoms with Crippen molar-refractivity contribution in [1.29, 1.82) is 0 Å². The van der Waals surface area contributed by atoms with Crippen LogP contribution in [0.15, 0.2) is 73.8 Å². The Kier molecular flexibility index (Phi) is 6.13. The molecule has 0 unspecified atom stereocenters. The van der Waals surface area contributed by atoms with E-state index in [2.05, 4.69) is 30.6 Å². The maximum Gasteiger partial charge on any atom is 0.253 e. The van der Waals surface area contributed by atoms with E-state index in [1.165, 1.54) is 0 Å². The number of benzene rings is 1. The number of anilines is 1. The predicted molar refractivity (Wildman–Crippen MR) is 134 cm³/mol. The molecular weight excluding hydrogens is 440 g/mol. The van der Waals surface area contributed by atoms with Crippen LogP contribution in [0.1, 0.15) is 21.6 Å². The topological polar surface area (TPSA) is 111 Å². The van der Waals surface area contributed by atoms with Crippen LogP contribution >= 0.6 is 0 Å². The van der Waals surface area contributed by atoms with Crippen LogP contribution in [0.5, 0.6) is 0 Å². The lowest BCUT2D eigenvalue weighted by atomic mass is 10.0. The molecule has 0 saturated carbocycles. The van der Waals surface area contributed by atoms with Gasteiger partial charge in [-0.15, -0.1) is 0 Å². The summed E-state index contributed by atoms with van der Waals surface area (Å²) >= 11 is 0.